The first-order valence-electron chi connectivity index (χ1n) is 16.8. The second-order valence-electron chi connectivity index (χ2n) is 16.0. The largest absolute Gasteiger partial charge is 0.390 e. The minimum Gasteiger partial charge on any atom is -0.390 e. The predicted molar refractivity (Wildman–Crippen MR) is 152 cm³/mol. The van der Waals surface area contributed by atoms with Gasteiger partial charge in [-0.25, -0.2) is 0 Å². The van der Waals surface area contributed by atoms with Crippen LogP contribution in [-0.4, -0.2) is 93.0 Å². The van der Waals surface area contributed by atoms with Crippen LogP contribution in [0, 0.1) is 52.3 Å². The van der Waals surface area contributed by atoms with Gasteiger partial charge in [-0.15, -0.1) is 0 Å². The number of rotatable bonds is 2. The van der Waals surface area contributed by atoms with Crippen molar-refractivity contribution in [3.05, 3.63) is 0 Å². The molecule has 3 heterocycles. The van der Waals surface area contributed by atoms with Crippen molar-refractivity contribution in [2.75, 3.05) is 6.61 Å². The number of aliphatic hydroxyl groups is 5. The molecule has 0 aromatic heterocycles. The first-order chi connectivity index (χ1) is 19.8. The molecule has 7 rings (SSSR count). The van der Waals surface area contributed by atoms with Gasteiger partial charge in [0.05, 0.1) is 37.1 Å². The quantitative estimate of drug-likeness (QED) is 0.327. The summed E-state index contributed by atoms with van der Waals surface area (Å²) >= 11 is 0. The molecule has 5 N–H and O–H groups in total. The van der Waals surface area contributed by atoms with Gasteiger partial charge in [0.15, 0.2) is 12.1 Å². The summed E-state index contributed by atoms with van der Waals surface area (Å²) in [5, 5.41) is 53.7. The Kier molecular flexibility index (Phi) is 7.45. The fraction of sp³-hybridized carbons (Fsp3) is 1.00. The fourth-order valence-electron chi connectivity index (χ4n) is 11.8. The molecule has 9 nitrogen and oxygen atoms in total. The van der Waals surface area contributed by atoms with Crippen LogP contribution in [0.4, 0.5) is 0 Å². The van der Waals surface area contributed by atoms with Gasteiger partial charge in [-0.2, -0.15) is 0 Å². The van der Waals surface area contributed by atoms with Gasteiger partial charge in [-0.1, -0.05) is 27.7 Å². The molecule has 3 aliphatic heterocycles. The Labute approximate surface area is 250 Å². The minimum atomic E-state index is -1.40. The first-order valence-corrected chi connectivity index (χ1v) is 16.8. The van der Waals surface area contributed by atoms with Crippen molar-refractivity contribution in [3.63, 3.8) is 0 Å². The van der Waals surface area contributed by atoms with E-state index in [1.54, 1.807) is 6.92 Å². The maximum absolute atomic E-state index is 11.3. The van der Waals surface area contributed by atoms with E-state index in [0.29, 0.717) is 29.6 Å². The fourth-order valence-corrected chi connectivity index (χ4v) is 11.8. The molecular formula is C33H54O9. The second kappa shape index (κ2) is 10.3. The van der Waals surface area contributed by atoms with Gasteiger partial charge in [-0.3, -0.25) is 0 Å². The lowest BCUT2D eigenvalue weighted by atomic mass is 9.43. The van der Waals surface area contributed by atoms with Gasteiger partial charge in [0.2, 0.25) is 0 Å². The van der Waals surface area contributed by atoms with Crippen molar-refractivity contribution in [1.82, 2.24) is 0 Å². The van der Waals surface area contributed by atoms with E-state index in [0.717, 1.165) is 51.6 Å². The summed E-state index contributed by atoms with van der Waals surface area (Å²) in [6.45, 7) is 11.8. The molecule has 3 saturated heterocycles. The minimum absolute atomic E-state index is 0.137. The Hall–Kier alpha value is -0.360. The third kappa shape index (κ3) is 4.13. The van der Waals surface area contributed by atoms with Crippen molar-refractivity contribution in [1.29, 1.82) is 0 Å². The van der Waals surface area contributed by atoms with Gasteiger partial charge in [0.1, 0.15) is 18.3 Å². The third-order valence-electron chi connectivity index (χ3n) is 14.2. The van der Waals surface area contributed by atoms with Crippen LogP contribution >= 0.6 is 0 Å². The Bertz CT molecular complexity index is 1020. The van der Waals surface area contributed by atoms with Crippen LogP contribution in [0.25, 0.3) is 0 Å². The van der Waals surface area contributed by atoms with Crippen molar-refractivity contribution in [2.45, 2.75) is 147 Å². The monoisotopic (exact) mass is 594 g/mol. The molecule has 42 heavy (non-hydrogen) atoms. The SMILES string of the molecule is C[C@@H]1CC[C@]2(OC1)O[C@H]1C[C@H]3[C@@H]4CC[C@H]5[C@H](O)[C@@H](O)C[C@@H](O[C@@H]6O[C@H](C)[C@H](O)[C@H](O)[C@H]6O)[C@]5(C)[C@H]4CC[C@]3(C)[C@H]1[C@@H]2C. The van der Waals surface area contributed by atoms with Crippen LogP contribution in [0.5, 0.6) is 0 Å². The molecule has 0 bridgehead atoms. The smallest absolute Gasteiger partial charge is 0.186 e. The molecule has 7 aliphatic rings. The van der Waals surface area contributed by atoms with Crippen LogP contribution in [0.2, 0.25) is 0 Å². The van der Waals surface area contributed by atoms with E-state index in [9.17, 15) is 25.5 Å². The normalized spacial score (nSPS) is 62.7. The summed E-state index contributed by atoms with van der Waals surface area (Å²) in [6, 6.07) is 0. The molecule has 1 spiro atoms. The van der Waals surface area contributed by atoms with Crippen molar-refractivity contribution in [3.8, 4) is 0 Å². The molecular weight excluding hydrogens is 540 g/mol. The Morgan fingerprint density at radius 2 is 1.52 bits per heavy atom. The molecule has 0 aromatic carbocycles. The Morgan fingerprint density at radius 3 is 2.24 bits per heavy atom. The summed E-state index contributed by atoms with van der Waals surface area (Å²) in [5.74, 6) is 2.06. The predicted octanol–water partition coefficient (Wildman–Crippen LogP) is 2.59. The van der Waals surface area contributed by atoms with Crippen LogP contribution < -0.4 is 0 Å². The number of aliphatic hydroxyl groups excluding tert-OH is 5. The highest BCUT2D eigenvalue weighted by molar-refractivity contribution is 5.17. The molecule has 0 radical (unpaired) electrons. The number of ether oxygens (including phenoxy) is 4. The zero-order chi connectivity index (χ0) is 29.9. The van der Waals surface area contributed by atoms with Crippen LogP contribution in [0.3, 0.4) is 0 Å². The lowest BCUT2D eigenvalue weighted by Crippen LogP contribution is -2.66. The number of fused-ring (bicyclic) bond motifs is 7. The molecule has 0 aromatic rings. The van der Waals surface area contributed by atoms with Crippen molar-refractivity contribution >= 4 is 0 Å². The van der Waals surface area contributed by atoms with Crippen LogP contribution in [0.1, 0.15) is 86.0 Å². The van der Waals surface area contributed by atoms with Gasteiger partial charge < -0.3 is 44.5 Å². The standard InChI is InChI=1S/C33H54O9/c1-15-8-11-33(39-14-15)16(2)25-23(42-33)12-21-18-6-7-20-27(36)22(34)13-24(32(20,5)19(18)9-10-31(21,25)4)41-30-29(38)28(37)26(35)17(3)40-30/h15-30,34-38H,6-14H2,1-5H3/t15-,16+,17-,18-,19+,20+,21+,22+,23+,24-,25+,26+,27+,28+,29-,30+,31+,32-,33+/m1/s1. The average molecular weight is 595 g/mol. The molecule has 240 valence electrons. The summed E-state index contributed by atoms with van der Waals surface area (Å²) in [4.78, 5) is 0. The second-order valence-corrected chi connectivity index (χ2v) is 16.0. The highest BCUT2D eigenvalue weighted by Crippen LogP contribution is 2.71. The van der Waals surface area contributed by atoms with Gasteiger partial charge in [0, 0.05) is 24.2 Å². The van der Waals surface area contributed by atoms with Crippen molar-refractivity contribution < 1.29 is 44.5 Å². The van der Waals surface area contributed by atoms with E-state index < -0.39 is 60.2 Å². The zero-order valence-corrected chi connectivity index (χ0v) is 26.0. The highest BCUT2D eigenvalue weighted by atomic mass is 16.7. The lowest BCUT2D eigenvalue weighted by molar-refractivity contribution is -0.334. The molecule has 0 amide bonds. The van der Waals surface area contributed by atoms with Crippen LogP contribution in [0.15, 0.2) is 0 Å². The number of hydrogen-bond acceptors (Lipinski definition) is 9. The number of hydrogen-bond donors (Lipinski definition) is 5. The van der Waals surface area contributed by atoms with E-state index in [1.807, 2.05) is 0 Å². The molecule has 7 fully saturated rings. The van der Waals surface area contributed by atoms with Gasteiger partial charge in [-0.05, 0) is 86.4 Å². The maximum Gasteiger partial charge on any atom is 0.186 e. The Balaban J connectivity index is 1.15. The maximum atomic E-state index is 11.3. The summed E-state index contributed by atoms with van der Waals surface area (Å²) < 4.78 is 25.8. The molecule has 0 unspecified atom stereocenters. The van der Waals surface area contributed by atoms with Crippen LogP contribution in [-0.2, 0) is 18.9 Å². The van der Waals surface area contributed by atoms with E-state index >= 15 is 0 Å². The molecule has 19 atom stereocenters. The van der Waals surface area contributed by atoms with Gasteiger partial charge >= 0.3 is 0 Å². The summed E-state index contributed by atoms with van der Waals surface area (Å²) in [6.07, 6.45) is -0.499. The third-order valence-corrected chi connectivity index (χ3v) is 14.2. The highest BCUT2D eigenvalue weighted by Gasteiger charge is 2.70. The Morgan fingerprint density at radius 1 is 0.762 bits per heavy atom. The molecule has 4 aliphatic carbocycles. The van der Waals surface area contributed by atoms with E-state index in [-0.39, 0.29) is 29.8 Å². The van der Waals surface area contributed by atoms with Gasteiger partial charge in [0.25, 0.3) is 0 Å². The molecule has 9 heteroatoms. The van der Waals surface area contributed by atoms with E-state index in [2.05, 4.69) is 27.7 Å². The lowest BCUT2D eigenvalue weighted by Gasteiger charge is -2.64. The summed E-state index contributed by atoms with van der Waals surface area (Å²) in [5.41, 5.74) is -0.282. The first kappa shape index (κ1) is 30.3. The molecule has 4 saturated carbocycles. The van der Waals surface area contributed by atoms with E-state index in [4.69, 9.17) is 18.9 Å². The van der Waals surface area contributed by atoms with Crippen molar-refractivity contribution in [2.24, 2.45) is 52.3 Å². The van der Waals surface area contributed by atoms with E-state index in [1.165, 1.54) is 0 Å². The summed E-state index contributed by atoms with van der Waals surface area (Å²) in [7, 11) is 0. The average Bonchev–Trinajstić information content (AvgIpc) is 3.40. The topological polar surface area (TPSA) is 138 Å². The zero-order valence-electron chi connectivity index (χ0n) is 26.0.